The first kappa shape index (κ1) is 15.4. The van der Waals surface area contributed by atoms with Gasteiger partial charge >= 0.3 is 0 Å². The third kappa shape index (κ3) is 3.30. The molecule has 1 aromatic heterocycles. The average molecular weight is 306 g/mol. The minimum Gasteiger partial charge on any atom is -0.346 e. The average Bonchev–Trinajstić information content (AvgIpc) is 2.77. The van der Waals surface area contributed by atoms with Gasteiger partial charge in [0.2, 0.25) is 5.91 Å². The molecule has 7 nitrogen and oxygen atoms in total. The van der Waals surface area contributed by atoms with Crippen molar-refractivity contribution in [3.8, 4) is 0 Å². The van der Waals surface area contributed by atoms with Gasteiger partial charge in [-0.2, -0.15) is 0 Å². The standard InChI is InChI=1S/C15H26N6O/c1-11(17-15(22)12-4-8-20(2)9-5-12)14-19-18-13-3-6-16-7-10-21(13)14/h11-12,16H,3-10H2,1-2H3,(H,17,22). The van der Waals surface area contributed by atoms with Gasteiger partial charge in [-0.05, 0) is 39.9 Å². The molecular formula is C15H26N6O. The summed E-state index contributed by atoms with van der Waals surface area (Å²) in [6.45, 7) is 6.73. The highest BCUT2D eigenvalue weighted by molar-refractivity contribution is 5.79. The van der Waals surface area contributed by atoms with Gasteiger partial charge in [0.1, 0.15) is 5.82 Å². The van der Waals surface area contributed by atoms with Crippen molar-refractivity contribution in [1.29, 1.82) is 0 Å². The fraction of sp³-hybridized carbons (Fsp3) is 0.800. The number of amides is 1. The maximum Gasteiger partial charge on any atom is 0.223 e. The number of nitrogens with zero attached hydrogens (tertiary/aromatic N) is 4. The third-order valence-electron chi connectivity index (χ3n) is 4.73. The number of hydrogen-bond acceptors (Lipinski definition) is 5. The molecule has 0 radical (unpaired) electrons. The SMILES string of the molecule is CC(NC(=O)C1CCN(C)CC1)c1nnc2n1CCNCC2. The summed E-state index contributed by atoms with van der Waals surface area (Å²) in [6, 6.07) is -0.0912. The lowest BCUT2D eigenvalue weighted by atomic mass is 9.96. The topological polar surface area (TPSA) is 75.1 Å². The Morgan fingerprint density at radius 1 is 1.27 bits per heavy atom. The van der Waals surface area contributed by atoms with Crippen molar-refractivity contribution >= 4 is 5.91 Å². The Morgan fingerprint density at radius 3 is 2.82 bits per heavy atom. The molecule has 3 rings (SSSR count). The lowest BCUT2D eigenvalue weighted by Crippen LogP contribution is -2.40. The van der Waals surface area contributed by atoms with Crippen molar-refractivity contribution in [2.45, 2.75) is 38.8 Å². The fourth-order valence-electron chi connectivity index (χ4n) is 3.28. The van der Waals surface area contributed by atoms with Crippen LogP contribution >= 0.6 is 0 Å². The molecule has 1 fully saturated rings. The normalized spacial score (nSPS) is 21.9. The molecule has 122 valence electrons. The molecular weight excluding hydrogens is 280 g/mol. The Morgan fingerprint density at radius 2 is 2.05 bits per heavy atom. The van der Waals surface area contributed by atoms with Crippen LogP contribution in [0.25, 0.3) is 0 Å². The molecule has 2 aliphatic heterocycles. The van der Waals surface area contributed by atoms with Gasteiger partial charge < -0.3 is 20.1 Å². The lowest BCUT2D eigenvalue weighted by molar-refractivity contribution is -0.127. The first-order chi connectivity index (χ1) is 10.6. The number of carbonyl (C=O) groups excluding carboxylic acids is 1. The summed E-state index contributed by atoms with van der Waals surface area (Å²) in [7, 11) is 2.11. The second kappa shape index (κ2) is 6.75. The number of fused-ring (bicyclic) bond motifs is 1. The van der Waals surface area contributed by atoms with Gasteiger partial charge in [0.15, 0.2) is 5.82 Å². The van der Waals surface area contributed by atoms with E-state index in [-0.39, 0.29) is 17.9 Å². The van der Waals surface area contributed by atoms with Crippen LogP contribution in [0.5, 0.6) is 0 Å². The minimum absolute atomic E-state index is 0.0912. The molecule has 7 heteroatoms. The number of piperidine rings is 1. The molecule has 0 aliphatic carbocycles. The molecule has 2 aliphatic rings. The highest BCUT2D eigenvalue weighted by atomic mass is 16.2. The van der Waals surface area contributed by atoms with Gasteiger partial charge in [0.05, 0.1) is 6.04 Å². The van der Waals surface area contributed by atoms with E-state index in [9.17, 15) is 4.79 Å². The van der Waals surface area contributed by atoms with Crippen molar-refractivity contribution in [3.63, 3.8) is 0 Å². The molecule has 1 saturated heterocycles. The van der Waals surface area contributed by atoms with E-state index in [1.165, 1.54) is 0 Å². The molecule has 22 heavy (non-hydrogen) atoms. The smallest absolute Gasteiger partial charge is 0.223 e. The Kier molecular flexibility index (Phi) is 4.73. The molecule has 1 aromatic rings. The van der Waals surface area contributed by atoms with E-state index in [2.05, 4.69) is 37.3 Å². The Hall–Kier alpha value is -1.47. The number of rotatable bonds is 3. The van der Waals surface area contributed by atoms with Gasteiger partial charge in [-0.3, -0.25) is 4.79 Å². The predicted octanol–water partition coefficient (Wildman–Crippen LogP) is -0.0572. The summed E-state index contributed by atoms with van der Waals surface area (Å²) in [5, 5.41) is 15.1. The second-order valence-corrected chi connectivity index (χ2v) is 6.43. The molecule has 1 unspecified atom stereocenters. The zero-order chi connectivity index (χ0) is 15.5. The van der Waals surface area contributed by atoms with Crippen LogP contribution in [0.3, 0.4) is 0 Å². The maximum absolute atomic E-state index is 12.4. The summed E-state index contributed by atoms with van der Waals surface area (Å²) in [6.07, 6.45) is 2.77. The van der Waals surface area contributed by atoms with Crippen LogP contribution in [0, 0.1) is 5.92 Å². The number of likely N-dealkylation sites (tertiary alicyclic amines) is 1. The van der Waals surface area contributed by atoms with Crippen LogP contribution in [0.4, 0.5) is 0 Å². The number of hydrogen-bond donors (Lipinski definition) is 2. The highest BCUT2D eigenvalue weighted by Gasteiger charge is 2.26. The molecule has 0 aromatic carbocycles. The lowest BCUT2D eigenvalue weighted by Gasteiger charge is -2.29. The summed E-state index contributed by atoms with van der Waals surface area (Å²) in [5.41, 5.74) is 0. The van der Waals surface area contributed by atoms with Gasteiger partial charge in [-0.1, -0.05) is 0 Å². The second-order valence-electron chi connectivity index (χ2n) is 6.43. The van der Waals surface area contributed by atoms with E-state index >= 15 is 0 Å². The van der Waals surface area contributed by atoms with Crippen molar-refractivity contribution in [2.75, 3.05) is 33.2 Å². The fourth-order valence-corrected chi connectivity index (χ4v) is 3.28. The zero-order valence-electron chi connectivity index (χ0n) is 13.5. The molecule has 2 N–H and O–H groups in total. The van der Waals surface area contributed by atoms with Crippen molar-refractivity contribution in [2.24, 2.45) is 5.92 Å². The summed E-state index contributed by atoms with van der Waals surface area (Å²) in [4.78, 5) is 14.7. The van der Waals surface area contributed by atoms with E-state index < -0.39 is 0 Å². The molecule has 3 heterocycles. The van der Waals surface area contributed by atoms with Crippen LogP contribution in [0.15, 0.2) is 0 Å². The van der Waals surface area contributed by atoms with Crippen LogP contribution in [-0.4, -0.2) is 58.8 Å². The van der Waals surface area contributed by atoms with Crippen molar-refractivity contribution < 1.29 is 4.79 Å². The number of carbonyl (C=O) groups is 1. The van der Waals surface area contributed by atoms with Gasteiger partial charge in [-0.25, -0.2) is 0 Å². The predicted molar refractivity (Wildman–Crippen MR) is 83.4 cm³/mol. The van der Waals surface area contributed by atoms with Gasteiger partial charge in [-0.15, -0.1) is 10.2 Å². The molecule has 0 bridgehead atoms. The first-order valence-electron chi connectivity index (χ1n) is 8.26. The number of nitrogens with one attached hydrogen (secondary N) is 2. The van der Waals surface area contributed by atoms with Crippen molar-refractivity contribution in [1.82, 2.24) is 30.3 Å². The molecule has 0 saturated carbocycles. The molecule has 1 amide bonds. The maximum atomic E-state index is 12.4. The quantitative estimate of drug-likeness (QED) is 0.818. The van der Waals surface area contributed by atoms with Crippen LogP contribution in [0.2, 0.25) is 0 Å². The molecule has 1 atom stereocenters. The zero-order valence-corrected chi connectivity index (χ0v) is 13.5. The Bertz CT molecular complexity index is 520. The Labute approximate surface area is 131 Å². The summed E-state index contributed by atoms with van der Waals surface area (Å²) >= 11 is 0. The molecule has 0 spiro atoms. The van der Waals surface area contributed by atoms with Crippen LogP contribution < -0.4 is 10.6 Å². The van der Waals surface area contributed by atoms with E-state index in [0.717, 1.165) is 63.6 Å². The van der Waals surface area contributed by atoms with E-state index in [0.29, 0.717) is 0 Å². The number of aromatic nitrogens is 3. The van der Waals surface area contributed by atoms with Crippen LogP contribution in [0.1, 0.15) is 37.5 Å². The minimum atomic E-state index is -0.0912. The Balaban J connectivity index is 1.63. The highest BCUT2D eigenvalue weighted by Crippen LogP contribution is 2.19. The van der Waals surface area contributed by atoms with E-state index in [1.807, 2.05) is 6.92 Å². The van der Waals surface area contributed by atoms with Crippen LogP contribution in [-0.2, 0) is 17.8 Å². The van der Waals surface area contributed by atoms with E-state index in [4.69, 9.17) is 0 Å². The van der Waals surface area contributed by atoms with Crippen molar-refractivity contribution in [3.05, 3.63) is 11.6 Å². The third-order valence-corrected chi connectivity index (χ3v) is 4.73. The largest absolute Gasteiger partial charge is 0.346 e. The van der Waals surface area contributed by atoms with Gasteiger partial charge in [0, 0.05) is 32.0 Å². The van der Waals surface area contributed by atoms with Gasteiger partial charge in [0.25, 0.3) is 0 Å². The summed E-state index contributed by atoms with van der Waals surface area (Å²) < 4.78 is 2.15. The summed E-state index contributed by atoms with van der Waals surface area (Å²) in [5.74, 6) is 2.18. The first-order valence-corrected chi connectivity index (χ1v) is 8.26. The van der Waals surface area contributed by atoms with E-state index in [1.54, 1.807) is 0 Å². The monoisotopic (exact) mass is 306 g/mol.